The van der Waals surface area contributed by atoms with Crippen molar-refractivity contribution in [1.29, 1.82) is 0 Å². The summed E-state index contributed by atoms with van der Waals surface area (Å²) in [5.41, 5.74) is 1.62. The molecular formula is C11H8BrN5S. The van der Waals surface area contributed by atoms with Gasteiger partial charge in [-0.05, 0) is 28.3 Å². The molecule has 18 heavy (non-hydrogen) atoms. The summed E-state index contributed by atoms with van der Waals surface area (Å²) in [6.07, 6.45) is 9.05. The Kier molecular flexibility index (Phi) is 3.00. The molecule has 3 aromatic heterocycles. The Bertz CT molecular complexity index is 711. The van der Waals surface area contributed by atoms with Gasteiger partial charge in [0.1, 0.15) is 10.3 Å². The molecule has 0 aliphatic heterocycles. The van der Waals surface area contributed by atoms with Crippen molar-refractivity contribution in [3.63, 3.8) is 0 Å². The second-order valence-corrected chi connectivity index (χ2v) is 5.14. The van der Waals surface area contributed by atoms with Crippen molar-refractivity contribution in [1.82, 2.24) is 24.3 Å². The molecule has 0 radical (unpaired) electrons. The summed E-state index contributed by atoms with van der Waals surface area (Å²) in [6, 6.07) is 1.88. The second kappa shape index (κ2) is 4.66. The number of hydrogen-bond acceptors (Lipinski definition) is 5. The number of aromatic nitrogens is 5. The van der Waals surface area contributed by atoms with Gasteiger partial charge in [-0.15, -0.1) is 11.8 Å². The lowest BCUT2D eigenvalue weighted by molar-refractivity contribution is 1.02. The third-order valence-electron chi connectivity index (χ3n) is 2.43. The van der Waals surface area contributed by atoms with E-state index in [9.17, 15) is 0 Å². The minimum Gasteiger partial charge on any atom is -0.293 e. The molecule has 0 saturated heterocycles. The second-order valence-electron chi connectivity index (χ2n) is 3.50. The lowest BCUT2D eigenvalue weighted by Crippen LogP contribution is -1.95. The van der Waals surface area contributed by atoms with Crippen molar-refractivity contribution in [3.05, 3.63) is 35.5 Å². The molecule has 90 valence electrons. The van der Waals surface area contributed by atoms with Crippen LogP contribution >= 0.6 is 27.7 Å². The van der Waals surface area contributed by atoms with Gasteiger partial charge in [-0.1, -0.05) is 0 Å². The fourth-order valence-electron chi connectivity index (χ4n) is 1.61. The van der Waals surface area contributed by atoms with Crippen molar-refractivity contribution in [2.24, 2.45) is 0 Å². The first-order valence-electron chi connectivity index (χ1n) is 5.14. The van der Waals surface area contributed by atoms with E-state index >= 15 is 0 Å². The highest BCUT2D eigenvalue weighted by molar-refractivity contribution is 9.10. The predicted octanol–water partition coefficient (Wildman–Crippen LogP) is 2.67. The zero-order valence-corrected chi connectivity index (χ0v) is 11.8. The maximum atomic E-state index is 4.47. The largest absolute Gasteiger partial charge is 0.293 e. The fraction of sp³-hybridized carbons (Fsp3) is 0.0909. The Balaban J connectivity index is 2.21. The van der Waals surface area contributed by atoms with Crippen molar-refractivity contribution in [3.8, 4) is 11.5 Å². The van der Waals surface area contributed by atoms with Crippen LogP contribution in [0.3, 0.4) is 0 Å². The van der Waals surface area contributed by atoms with Gasteiger partial charge in [0.05, 0.1) is 17.4 Å². The molecule has 0 atom stereocenters. The quantitative estimate of drug-likeness (QED) is 0.536. The van der Waals surface area contributed by atoms with Crippen LogP contribution in [-0.4, -0.2) is 30.6 Å². The van der Waals surface area contributed by atoms with Crippen molar-refractivity contribution < 1.29 is 0 Å². The van der Waals surface area contributed by atoms with Crippen LogP contribution in [0.4, 0.5) is 0 Å². The first kappa shape index (κ1) is 11.6. The summed E-state index contributed by atoms with van der Waals surface area (Å²) in [7, 11) is 0. The Morgan fingerprint density at radius 3 is 2.94 bits per heavy atom. The highest BCUT2D eigenvalue weighted by atomic mass is 79.9. The monoisotopic (exact) mass is 321 g/mol. The highest BCUT2D eigenvalue weighted by Gasteiger charge is 2.09. The summed E-state index contributed by atoms with van der Waals surface area (Å²) >= 11 is 4.93. The lowest BCUT2D eigenvalue weighted by atomic mass is 10.4. The van der Waals surface area contributed by atoms with Crippen LogP contribution in [0.25, 0.3) is 17.2 Å². The first-order chi connectivity index (χ1) is 8.78. The number of fused-ring (bicyclic) bond motifs is 1. The zero-order chi connectivity index (χ0) is 12.5. The average Bonchev–Trinajstić information content (AvgIpc) is 2.81. The molecule has 0 amide bonds. The summed E-state index contributed by atoms with van der Waals surface area (Å²) in [5, 5.41) is 0.933. The molecular weight excluding hydrogens is 314 g/mol. The molecule has 0 N–H and O–H groups in total. The average molecular weight is 322 g/mol. The standard InChI is InChI=1S/C11H8BrN5S/c1-18-10-2-3-13-11(16-10)7-4-15-9-5-14-8(12)6-17(7)9/h2-6H,1H3. The molecule has 0 saturated carbocycles. The predicted molar refractivity (Wildman–Crippen MR) is 73.5 cm³/mol. The maximum absolute atomic E-state index is 4.47. The van der Waals surface area contributed by atoms with Crippen LogP contribution in [0.2, 0.25) is 0 Å². The van der Waals surface area contributed by atoms with E-state index in [1.165, 1.54) is 0 Å². The van der Waals surface area contributed by atoms with E-state index in [1.807, 2.05) is 22.9 Å². The van der Waals surface area contributed by atoms with Crippen molar-refractivity contribution in [2.75, 3.05) is 6.26 Å². The number of hydrogen-bond donors (Lipinski definition) is 0. The first-order valence-corrected chi connectivity index (χ1v) is 7.16. The molecule has 0 aromatic carbocycles. The highest BCUT2D eigenvalue weighted by Crippen LogP contribution is 2.20. The molecule has 0 spiro atoms. The van der Waals surface area contributed by atoms with Gasteiger partial charge in [-0.3, -0.25) is 4.40 Å². The van der Waals surface area contributed by atoms with E-state index in [4.69, 9.17) is 0 Å². The summed E-state index contributed by atoms with van der Waals surface area (Å²) in [6.45, 7) is 0. The number of rotatable bonds is 2. The van der Waals surface area contributed by atoms with E-state index in [1.54, 1.807) is 30.4 Å². The van der Waals surface area contributed by atoms with Gasteiger partial charge in [0.15, 0.2) is 11.5 Å². The molecule has 3 rings (SSSR count). The Hall–Kier alpha value is -1.47. The van der Waals surface area contributed by atoms with Crippen LogP contribution in [0, 0.1) is 0 Å². The maximum Gasteiger partial charge on any atom is 0.179 e. The van der Waals surface area contributed by atoms with Crippen molar-refractivity contribution in [2.45, 2.75) is 5.03 Å². The van der Waals surface area contributed by atoms with Crippen LogP contribution in [0.5, 0.6) is 0 Å². The summed E-state index contributed by atoms with van der Waals surface area (Å²) in [4.78, 5) is 17.2. The molecule has 3 aromatic rings. The number of imidazole rings is 1. The van der Waals surface area contributed by atoms with E-state index in [-0.39, 0.29) is 0 Å². The van der Waals surface area contributed by atoms with Gasteiger partial charge in [-0.25, -0.2) is 19.9 Å². The molecule has 0 aliphatic carbocycles. The number of nitrogens with zero attached hydrogens (tertiary/aromatic N) is 5. The van der Waals surface area contributed by atoms with Crippen molar-refractivity contribution >= 4 is 33.3 Å². The molecule has 0 bridgehead atoms. The van der Waals surface area contributed by atoms with E-state index in [0.717, 1.165) is 21.0 Å². The van der Waals surface area contributed by atoms with E-state index in [0.29, 0.717) is 5.82 Å². The topological polar surface area (TPSA) is 56.0 Å². The van der Waals surface area contributed by atoms with Gasteiger partial charge >= 0.3 is 0 Å². The van der Waals surface area contributed by atoms with E-state index < -0.39 is 0 Å². The van der Waals surface area contributed by atoms with E-state index in [2.05, 4.69) is 35.9 Å². The minimum absolute atomic E-state index is 0.660. The Morgan fingerprint density at radius 2 is 2.11 bits per heavy atom. The van der Waals surface area contributed by atoms with Gasteiger partial charge < -0.3 is 0 Å². The third kappa shape index (κ3) is 1.99. The normalized spacial score (nSPS) is 11.0. The van der Waals surface area contributed by atoms with Gasteiger partial charge in [-0.2, -0.15) is 0 Å². The molecule has 0 aliphatic rings. The minimum atomic E-state index is 0.660. The molecule has 0 unspecified atom stereocenters. The van der Waals surface area contributed by atoms with Crippen LogP contribution in [0.1, 0.15) is 0 Å². The van der Waals surface area contributed by atoms with Gasteiger partial charge in [0.2, 0.25) is 0 Å². The lowest BCUT2D eigenvalue weighted by Gasteiger charge is -2.02. The molecule has 5 nitrogen and oxygen atoms in total. The van der Waals surface area contributed by atoms with Crippen LogP contribution in [-0.2, 0) is 0 Å². The summed E-state index contributed by atoms with van der Waals surface area (Å²) in [5.74, 6) is 0.660. The van der Waals surface area contributed by atoms with Crippen LogP contribution in [0.15, 0.2) is 40.5 Å². The SMILES string of the molecule is CSc1ccnc(-c2cnc3cnc(Br)cn23)n1. The van der Waals surface area contributed by atoms with Gasteiger partial charge in [0, 0.05) is 12.4 Å². The smallest absolute Gasteiger partial charge is 0.179 e. The Labute approximate surface area is 116 Å². The van der Waals surface area contributed by atoms with Gasteiger partial charge in [0.25, 0.3) is 0 Å². The Morgan fingerprint density at radius 1 is 1.22 bits per heavy atom. The molecule has 7 heteroatoms. The summed E-state index contributed by atoms with van der Waals surface area (Å²) < 4.78 is 2.66. The number of halogens is 1. The third-order valence-corrected chi connectivity index (χ3v) is 3.49. The zero-order valence-electron chi connectivity index (χ0n) is 9.41. The van der Waals surface area contributed by atoms with Crippen LogP contribution < -0.4 is 0 Å². The molecule has 0 fully saturated rings. The number of thioether (sulfide) groups is 1. The fourth-order valence-corrected chi connectivity index (χ4v) is 2.29. The molecule has 3 heterocycles.